The molecule has 7 nitrogen and oxygen atoms in total. The van der Waals surface area contributed by atoms with E-state index in [-0.39, 0.29) is 34.6 Å². The lowest BCUT2D eigenvalue weighted by Crippen LogP contribution is -2.10. The molecule has 0 atom stereocenters. The van der Waals surface area contributed by atoms with Crippen LogP contribution >= 0.6 is 11.6 Å². The topological polar surface area (TPSA) is 91.3 Å². The Labute approximate surface area is 196 Å². The normalized spacial score (nSPS) is 14.7. The summed E-state index contributed by atoms with van der Waals surface area (Å²) in [7, 11) is -4.04. The number of rotatable bonds is 7. The first-order chi connectivity index (χ1) is 15.9. The van der Waals surface area contributed by atoms with E-state index >= 15 is 0 Å². The van der Waals surface area contributed by atoms with Crippen LogP contribution in [-0.2, 0) is 19.6 Å². The number of cyclic esters (lactones) is 1. The molecule has 1 heterocycles. The molecular weight excluding hydrogens is 466 g/mol. The van der Waals surface area contributed by atoms with E-state index in [1.54, 1.807) is 61.5 Å². The molecule has 0 radical (unpaired) electrons. The summed E-state index contributed by atoms with van der Waals surface area (Å²) in [6, 6.07) is 19.2. The van der Waals surface area contributed by atoms with Crippen LogP contribution in [0.2, 0.25) is 5.02 Å². The predicted molar refractivity (Wildman–Crippen MR) is 124 cm³/mol. The van der Waals surface area contributed by atoms with Crippen LogP contribution in [-0.4, -0.2) is 26.9 Å². The number of hydrogen-bond donors (Lipinski definition) is 0. The Morgan fingerprint density at radius 3 is 2.42 bits per heavy atom. The van der Waals surface area contributed by atoms with Crippen LogP contribution in [0.3, 0.4) is 0 Å². The number of ether oxygens (including phenoxy) is 2. The highest BCUT2D eigenvalue weighted by atomic mass is 35.5. The summed E-state index contributed by atoms with van der Waals surface area (Å²) < 4.78 is 41.3. The van der Waals surface area contributed by atoms with Gasteiger partial charge in [0, 0.05) is 10.6 Å². The standard InChI is InChI=1S/C24H18ClNO6S/c1-2-30-22-15-16(8-13-21(22)32-33(28,29)19-6-4-3-5-7-19)14-20-24(27)31-23(26-20)17-9-11-18(25)12-10-17/h3-15H,2H2,1H3. The lowest BCUT2D eigenvalue weighted by atomic mass is 10.1. The molecule has 3 aromatic carbocycles. The molecule has 4 rings (SSSR count). The van der Waals surface area contributed by atoms with E-state index in [9.17, 15) is 13.2 Å². The summed E-state index contributed by atoms with van der Waals surface area (Å²) >= 11 is 5.89. The molecule has 0 spiro atoms. The van der Waals surface area contributed by atoms with Crippen molar-refractivity contribution in [3.63, 3.8) is 0 Å². The van der Waals surface area contributed by atoms with Crippen molar-refractivity contribution in [2.75, 3.05) is 6.61 Å². The van der Waals surface area contributed by atoms with Crippen LogP contribution in [0.1, 0.15) is 18.1 Å². The van der Waals surface area contributed by atoms with Crippen molar-refractivity contribution in [1.82, 2.24) is 0 Å². The summed E-state index contributed by atoms with van der Waals surface area (Å²) in [6.07, 6.45) is 1.52. The molecule has 0 N–H and O–H groups in total. The van der Waals surface area contributed by atoms with Crippen molar-refractivity contribution < 1.29 is 26.9 Å². The fourth-order valence-corrected chi connectivity index (χ4v) is 4.07. The van der Waals surface area contributed by atoms with Gasteiger partial charge >= 0.3 is 16.1 Å². The molecule has 9 heteroatoms. The first-order valence-electron chi connectivity index (χ1n) is 9.90. The van der Waals surface area contributed by atoms with Gasteiger partial charge in [0.15, 0.2) is 17.2 Å². The van der Waals surface area contributed by atoms with Gasteiger partial charge in [-0.05, 0) is 67.1 Å². The van der Waals surface area contributed by atoms with Gasteiger partial charge in [-0.2, -0.15) is 8.42 Å². The SMILES string of the molecule is CCOc1cc(C=C2N=C(c3ccc(Cl)cc3)OC2=O)ccc1OS(=O)(=O)c1ccccc1. The number of carbonyl (C=O) groups is 1. The minimum atomic E-state index is -4.04. The molecule has 0 amide bonds. The van der Waals surface area contributed by atoms with Gasteiger partial charge in [0.05, 0.1) is 6.61 Å². The summed E-state index contributed by atoms with van der Waals surface area (Å²) in [5.41, 5.74) is 1.25. The Balaban J connectivity index is 1.63. The Morgan fingerprint density at radius 2 is 1.73 bits per heavy atom. The number of esters is 1. The molecule has 0 aromatic heterocycles. The Morgan fingerprint density at radius 1 is 1.00 bits per heavy atom. The van der Waals surface area contributed by atoms with Gasteiger partial charge in [-0.3, -0.25) is 0 Å². The number of hydrogen-bond acceptors (Lipinski definition) is 7. The molecule has 3 aromatic rings. The number of aliphatic imine (C=N–C) groups is 1. The van der Waals surface area contributed by atoms with Crippen LogP contribution in [0.4, 0.5) is 0 Å². The highest BCUT2D eigenvalue weighted by molar-refractivity contribution is 7.87. The van der Waals surface area contributed by atoms with Crippen LogP contribution in [0.5, 0.6) is 11.5 Å². The van der Waals surface area contributed by atoms with Gasteiger partial charge in [-0.15, -0.1) is 0 Å². The summed E-state index contributed by atoms with van der Waals surface area (Å²) in [6.45, 7) is 2.04. The van der Waals surface area contributed by atoms with E-state index in [1.807, 2.05) is 0 Å². The average molecular weight is 484 g/mol. The zero-order valence-electron chi connectivity index (χ0n) is 17.4. The molecule has 0 saturated carbocycles. The van der Waals surface area contributed by atoms with E-state index in [0.717, 1.165) is 0 Å². The summed E-state index contributed by atoms with van der Waals surface area (Å²) in [5, 5.41) is 0.555. The van der Waals surface area contributed by atoms with Crippen LogP contribution in [0.15, 0.2) is 88.4 Å². The number of benzene rings is 3. The third kappa shape index (κ3) is 5.24. The molecule has 0 bridgehead atoms. The Bertz CT molecular complexity index is 1350. The van der Waals surface area contributed by atoms with E-state index in [4.69, 9.17) is 25.3 Å². The molecule has 168 valence electrons. The maximum atomic E-state index is 12.6. The van der Waals surface area contributed by atoms with Crippen LogP contribution in [0.25, 0.3) is 6.08 Å². The van der Waals surface area contributed by atoms with Crippen molar-refractivity contribution in [3.8, 4) is 11.5 Å². The van der Waals surface area contributed by atoms with Crippen molar-refractivity contribution in [2.24, 2.45) is 4.99 Å². The van der Waals surface area contributed by atoms with Gasteiger partial charge in [0.2, 0.25) is 5.90 Å². The van der Waals surface area contributed by atoms with E-state index < -0.39 is 16.1 Å². The fraction of sp³-hybridized carbons (Fsp3) is 0.0833. The lowest BCUT2D eigenvalue weighted by Gasteiger charge is -2.12. The lowest BCUT2D eigenvalue weighted by molar-refractivity contribution is -0.129. The maximum absolute atomic E-state index is 12.6. The highest BCUT2D eigenvalue weighted by Gasteiger charge is 2.25. The average Bonchev–Trinajstić information content (AvgIpc) is 3.17. The molecule has 0 aliphatic carbocycles. The molecule has 33 heavy (non-hydrogen) atoms. The van der Waals surface area contributed by atoms with E-state index in [1.165, 1.54) is 24.3 Å². The largest absolute Gasteiger partial charge is 0.490 e. The van der Waals surface area contributed by atoms with E-state index in [0.29, 0.717) is 16.1 Å². The van der Waals surface area contributed by atoms with Crippen molar-refractivity contribution in [3.05, 3.63) is 94.6 Å². The van der Waals surface area contributed by atoms with Gasteiger partial charge in [-0.1, -0.05) is 35.9 Å². The number of halogens is 1. The summed E-state index contributed by atoms with van der Waals surface area (Å²) in [4.78, 5) is 16.6. The van der Waals surface area contributed by atoms with E-state index in [2.05, 4.69) is 4.99 Å². The van der Waals surface area contributed by atoms with Gasteiger partial charge in [0.1, 0.15) is 4.90 Å². The van der Waals surface area contributed by atoms with Crippen molar-refractivity contribution >= 4 is 39.7 Å². The minimum absolute atomic E-state index is 0.0245. The van der Waals surface area contributed by atoms with Gasteiger partial charge in [0.25, 0.3) is 0 Å². The van der Waals surface area contributed by atoms with Gasteiger partial charge in [-0.25, -0.2) is 9.79 Å². The second-order valence-electron chi connectivity index (χ2n) is 6.83. The first-order valence-corrected chi connectivity index (χ1v) is 11.7. The third-order valence-electron chi connectivity index (χ3n) is 4.51. The predicted octanol–water partition coefficient (Wildman–Crippen LogP) is 4.85. The quantitative estimate of drug-likeness (QED) is 0.271. The van der Waals surface area contributed by atoms with Crippen molar-refractivity contribution in [1.29, 1.82) is 0 Å². The third-order valence-corrected chi connectivity index (χ3v) is 6.01. The second kappa shape index (κ2) is 9.48. The van der Waals surface area contributed by atoms with Crippen molar-refractivity contribution in [2.45, 2.75) is 11.8 Å². The highest BCUT2D eigenvalue weighted by Crippen LogP contribution is 2.32. The first kappa shape index (κ1) is 22.6. The molecule has 0 unspecified atom stereocenters. The second-order valence-corrected chi connectivity index (χ2v) is 8.82. The Hall–Kier alpha value is -3.62. The molecule has 1 aliphatic heterocycles. The molecule has 0 fully saturated rings. The zero-order chi connectivity index (χ0) is 23.4. The monoisotopic (exact) mass is 483 g/mol. The summed E-state index contributed by atoms with van der Waals surface area (Å²) in [5.74, 6) is -0.200. The molecular formula is C24H18ClNO6S. The number of carbonyl (C=O) groups excluding carboxylic acids is 1. The van der Waals surface area contributed by atoms with Crippen LogP contribution < -0.4 is 8.92 Å². The van der Waals surface area contributed by atoms with Gasteiger partial charge < -0.3 is 13.7 Å². The smallest absolute Gasteiger partial charge is 0.363 e. The zero-order valence-corrected chi connectivity index (χ0v) is 19.0. The maximum Gasteiger partial charge on any atom is 0.363 e. The molecule has 1 aliphatic rings. The number of nitrogens with zero attached hydrogens (tertiary/aromatic N) is 1. The fourth-order valence-electron chi connectivity index (χ4n) is 2.99. The molecule has 0 saturated heterocycles. The Kier molecular flexibility index (Phi) is 6.48. The minimum Gasteiger partial charge on any atom is -0.490 e. The van der Waals surface area contributed by atoms with Crippen LogP contribution in [0, 0.1) is 0 Å².